The summed E-state index contributed by atoms with van der Waals surface area (Å²) in [5.74, 6) is 1.45. The maximum atomic E-state index is 5.01. The van der Waals surface area contributed by atoms with Crippen molar-refractivity contribution in [2.45, 2.75) is 19.4 Å². The van der Waals surface area contributed by atoms with Gasteiger partial charge in [-0.2, -0.15) is 4.98 Å². The molecule has 1 aromatic carbocycles. The van der Waals surface area contributed by atoms with E-state index in [-0.39, 0.29) is 6.04 Å². The SMILES string of the molecule is COCCCNc1nccc(NC(C)c2ccccc2)n1. The van der Waals surface area contributed by atoms with E-state index in [2.05, 4.69) is 39.7 Å². The zero-order valence-corrected chi connectivity index (χ0v) is 12.5. The van der Waals surface area contributed by atoms with Crippen LogP contribution >= 0.6 is 0 Å². The molecule has 0 saturated heterocycles. The maximum Gasteiger partial charge on any atom is 0.224 e. The van der Waals surface area contributed by atoms with Gasteiger partial charge in [0.25, 0.3) is 0 Å². The van der Waals surface area contributed by atoms with Gasteiger partial charge in [0.2, 0.25) is 5.95 Å². The van der Waals surface area contributed by atoms with Crippen LogP contribution in [0.3, 0.4) is 0 Å². The molecule has 112 valence electrons. The van der Waals surface area contributed by atoms with Gasteiger partial charge in [0.15, 0.2) is 0 Å². The lowest BCUT2D eigenvalue weighted by molar-refractivity contribution is 0.197. The quantitative estimate of drug-likeness (QED) is 0.730. The van der Waals surface area contributed by atoms with Gasteiger partial charge >= 0.3 is 0 Å². The molecule has 0 radical (unpaired) electrons. The Labute approximate surface area is 125 Å². The summed E-state index contributed by atoms with van der Waals surface area (Å²) in [4.78, 5) is 8.68. The Balaban J connectivity index is 1.91. The highest BCUT2D eigenvalue weighted by molar-refractivity contribution is 5.41. The van der Waals surface area contributed by atoms with Crippen molar-refractivity contribution in [1.29, 1.82) is 0 Å². The topological polar surface area (TPSA) is 59.1 Å². The van der Waals surface area contributed by atoms with E-state index in [1.807, 2.05) is 24.3 Å². The first kappa shape index (κ1) is 15.3. The highest BCUT2D eigenvalue weighted by Gasteiger charge is 2.06. The van der Waals surface area contributed by atoms with Crippen molar-refractivity contribution in [2.75, 3.05) is 30.9 Å². The number of methoxy groups -OCH3 is 1. The highest BCUT2D eigenvalue weighted by Crippen LogP contribution is 2.17. The van der Waals surface area contributed by atoms with Crippen LogP contribution in [0.5, 0.6) is 0 Å². The average Bonchev–Trinajstić information content (AvgIpc) is 2.53. The predicted molar refractivity (Wildman–Crippen MR) is 85.5 cm³/mol. The minimum Gasteiger partial charge on any atom is -0.385 e. The number of ether oxygens (including phenoxy) is 1. The molecule has 0 spiro atoms. The smallest absolute Gasteiger partial charge is 0.224 e. The molecule has 0 bridgehead atoms. The number of hydrogen-bond acceptors (Lipinski definition) is 5. The van der Waals surface area contributed by atoms with Crippen LogP contribution < -0.4 is 10.6 Å². The van der Waals surface area contributed by atoms with Crippen molar-refractivity contribution in [2.24, 2.45) is 0 Å². The van der Waals surface area contributed by atoms with Crippen LogP contribution in [0.15, 0.2) is 42.6 Å². The van der Waals surface area contributed by atoms with E-state index in [1.54, 1.807) is 13.3 Å². The van der Waals surface area contributed by atoms with Crippen molar-refractivity contribution in [3.8, 4) is 0 Å². The molecule has 2 aromatic rings. The van der Waals surface area contributed by atoms with Crippen molar-refractivity contribution in [1.82, 2.24) is 9.97 Å². The largest absolute Gasteiger partial charge is 0.385 e. The molecule has 0 saturated carbocycles. The molecule has 1 aromatic heterocycles. The van der Waals surface area contributed by atoms with Crippen LogP contribution in [0.25, 0.3) is 0 Å². The number of aromatic nitrogens is 2. The lowest BCUT2D eigenvalue weighted by Gasteiger charge is -2.15. The van der Waals surface area contributed by atoms with E-state index in [4.69, 9.17) is 4.74 Å². The maximum absolute atomic E-state index is 5.01. The molecule has 5 heteroatoms. The number of rotatable bonds is 8. The van der Waals surface area contributed by atoms with E-state index in [0.29, 0.717) is 5.95 Å². The van der Waals surface area contributed by atoms with E-state index in [0.717, 1.165) is 25.4 Å². The second-order valence-corrected chi connectivity index (χ2v) is 4.82. The number of nitrogens with one attached hydrogen (secondary N) is 2. The van der Waals surface area contributed by atoms with Gasteiger partial charge in [0.05, 0.1) is 0 Å². The Morgan fingerprint density at radius 3 is 2.76 bits per heavy atom. The van der Waals surface area contributed by atoms with Gasteiger partial charge in [-0.1, -0.05) is 30.3 Å². The number of anilines is 2. The van der Waals surface area contributed by atoms with Crippen molar-refractivity contribution >= 4 is 11.8 Å². The third-order valence-corrected chi connectivity index (χ3v) is 3.13. The monoisotopic (exact) mass is 286 g/mol. The van der Waals surface area contributed by atoms with Gasteiger partial charge in [-0.25, -0.2) is 4.98 Å². The molecule has 2 rings (SSSR count). The zero-order chi connectivity index (χ0) is 14.9. The van der Waals surface area contributed by atoms with Gasteiger partial charge in [-0.15, -0.1) is 0 Å². The van der Waals surface area contributed by atoms with Crippen LogP contribution in [0, 0.1) is 0 Å². The Morgan fingerprint density at radius 2 is 2.00 bits per heavy atom. The van der Waals surface area contributed by atoms with E-state index in [9.17, 15) is 0 Å². The van der Waals surface area contributed by atoms with Crippen LogP contribution in [-0.4, -0.2) is 30.2 Å². The lowest BCUT2D eigenvalue weighted by atomic mass is 10.1. The van der Waals surface area contributed by atoms with Gasteiger partial charge in [-0.3, -0.25) is 0 Å². The summed E-state index contributed by atoms with van der Waals surface area (Å²) in [5, 5.41) is 6.57. The van der Waals surface area contributed by atoms with Crippen molar-refractivity contribution in [3.05, 3.63) is 48.2 Å². The molecule has 0 fully saturated rings. The summed E-state index contributed by atoms with van der Waals surface area (Å²) in [7, 11) is 1.70. The molecule has 2 N–H and O–H groups in total. The molecule has 0 aliphatic heterocycles. The molecule has 1 atom stereocenters. The molecule has 21 heavy (non-hydrogen) atoms. The Kier molecular flexibility index (Phi) is 5.97. The summed E-state index contributed by atoms with van der Waals surface area (Å²) in [5.41, 5.74) is 1.23. The summed E-state index contributed by atoms with van der Waals surface area (Å²) < 4.78 is 5.01. The number of benzene rings is 1. The van der Waals surface area contributed by atoms with Gasteiger partial charge < -0.3 is 15.4 Å². The summed E-state index contributed by atoms with van der Waals surface area (Å²) in [6.45, 7) is 3.64. The summed E-state index contributed by atoms with van der Waals surface area (Å²) >= 11 is 0. The number of nitrogens with zero attached hydrogens (tertiary/aromatic N) is 2. The molecule has 0 aliphatic rings. The van der Waals surface area contributed by atoms with Crippen molar-refractivity contribution in [3.63, 3.8) is 0 Å². The fourth-order valence-corrected chi connectivity index (χ4v) is 1.99. The minimum absolute atomic E-state index is 0.197. The second-order valence-electron chi connectivity index (χ2n) is 4.82. The summed E-state index contributed by atoms with van der Waals surface area (Å²) in [6, 6.07) is 12.4. The fourth-order valence-electron chi connectivity index (χ4n) is 1.99. The third-order valence-electron chi connectivity index (χ3n) is 3.13. The standard InChI is InChI=1S/C16H22N4O/c1-13(14-7-4-3-5-8-14)19-15-9-11-18-16(20-15)17-10-6-12-21-2/h3-5,7-9,11,13H,6,10,12H2,1-2H3,(H2,17,18,19,20). The first-order valence-corrected chi connectivity index (χ1v) is 7.17. The summed E-state index contributed by atoms with van der Waals surface area (Å²) in [6.07, 6.45) is 2.68. The first-order chi connectivity index (χ1) is 10.3. The molecule has 0 aliphatic carbocycles. The minimum atomic E-state index is 0.197. The fraction of sp³-hybridized carbons (Fsp3) is 0.375. The predicted octanol–water partition coefficient (Wildman–Crippen LogP) is 3.10. The zero-order valence-electron chi connectivity index (χ0n) is 12.5. The number of hydrogen-bond donors (Lipinski definition) is 2. The molecule has 1 heterocycles. The van der Waals surface area contributed by atoms with Gasteiger partial charge in [-0.05, 0) is 25.0 Å². The molecule has 0 amide bonds. The van der Waals surface area contributed by atoms with Gasteiger partial charge in [0, 0.05) is 32.5 Å². The van der Waals surface area contributed by atoms with E-state index in [1.165, 1.54) is 5.56 Å². The van der Waals surface area contributed by atoms with E-state index < -0.39 is 0 Å². The molecule has 5 nitrogen and oxygen atoms in total. The van der Waals surface area contributed by atoms with E-state index >= 15 is 0 Å². The van der Waals surface area contributed by atoms with Crippen LogP contribution in [0.4, 0.5) is 11.8 Å². The van der Waals surface area contributed by atoms with Crippen LogP contribution in [-0.2, 0) is 4.74 Å². The van der Waals surface area contributed by atoms with Crippen LogP contribution in [0.2, 0.25) is 0 Å². The highest BCUT2D eigenvalue weighted by atomic mass is 16.5. The molecule has 1 unspecified atom stereocenters. The Bertz CT molecular complexity index is 533. The van der Waals surface area contributed by atoms with Crippen molar-refractivity contribution < 1.29 is 4.74 Å². The normalized spacial score (nSPS) is 11.9. The lowest BCUT2D eigenvalue weighted by Crippen LogP contribution is -2.11. The molecular weight excluding hydrogens is 264 g/mol. The Morgan fingerprint density at radius 1 is 1.19 bits per heavy atom. The van der Waals surface area contributed by atoms with Crippen LogP contribution in [0.1, 0.15) is 24.9 Å². The second kappa shape index (κ2) is 8.21. The Hall–Kier alpha value is -2.14. The average molecular weight is 286 g/mol. The molecular formula is C16H22N4O. The van der Waals surface area contributed by atoms with Gasteiger partial charge in [0.1, 0.15) is 5.82 Å². The third kappa shape index (κ3) is 5.04. The first-order valence-electron chi connectivity index (χ1n) is 7.17.